The number of thiophene rings is 1. The van der Waals surface area contributed by atoms with Crippen LogP contribution in [0.15, 0.2) is 45.1 Å². The number of benzene rings is 1. The molecule has 0 radical (unpaired) electrons. The van der Waals surface area contributed by atoms with Crippen molar-refractivity contribution in [2.24, 2.45) is 0 Å². The lowest BCUT2D eigenvalue weighted by Crippen LogP contribution is -2.21. The lowest BCUT2D eigenvalue weighted by atomic mass is 10.1. The lowest BCUT2D eigenvalue weighted by Gasteiger charge is -2.14. The summed E-state index contributed by atoms with van der Waals surface area (Å²) in [6, 6.07) is 13.5. The average Bonchev–Trinajstić information content (AvgIpc) is 2.84. The van der Waals surface area contributed by atoms with Gasteiger partial charge in [-0.05, 0) is 65.4 Å². The van der Waals surface area contributed by atoms with E-state index in [2.05, 4.69) is 70.8 Å². The Balaban J connectivity index is 1.81. The van der Waals surface area contributed by atoms with E-state index in [0.29, 0.717) is 6.04 Å². The summed E-state index contributed by atoms with van der Waals surface area (Å²) in [5.41, 5.74) is 1.35. The zero-order valence-corrected chi connectivity index (χ0v) is 14.4. The Morgan fingerprint density at radius 3 is 2.53 bits per heavy atom. The maximum Gasteiger partial charge on any atom is 0.0701 e. The fraction of sp³-hybridized carbons (Fsp3) is 0.333. The highest BCUT2D eigenvalue weighted by Gasteiger charge is 2.05. The summed E-state index contributed by atoms with van der Waals surface area (Å²) in [6.45, 7) is 3.23. The largest absolute Gasteiger partial charge is 0.310 e. The van der Waals surface area contributed by atoms with Gasteiger partial charge in [-0.25, -0.2) is 0 Å². The molecule has 1 unspecified atom stereocenters. The van der Waals surface area contributed by atoms with E-state index in [9.17, 15) is 0 Å². The number of thioether (sulfide) groups is 1. The molecule has 4 heteroatoms. The standard InChI is InChI=1S/C15H18BrNS2/c1-11(12-3-5-13(18-2)6-4-12)17-10-9-14-7-8-15(16)19-14/h3-8,11,17H,9-10H2,1-2H3. The second kappa shape index (κ2) is 7.48. The highest BCUT2D eigenvalue weighted by atomic mass is 79.9. The highest BCUT2D eigenvalue weighted by molar-refractivity contribution is 9.11. The monoisotopic (exact) mass is 355 g/mol. The second-order valence-electron chi connectivity index (χ2n) is 4.40. The van der Waals surface area contributed by atoms with Crippen molar-refractivity contribution in [2.75, 3.05) is 12.8 Å². The van der Waals surface area contributed by atoms with Crippen LogP contribution in [0, 0.1) is 0 Å². The molecule has 1 N–H and O–H groups in total. The van der Waals surface area contributed by atoms with Crippen LogP contribution in [0.5, 0.6) is 0 Å². The molecule has 1 nitrogen and oxygen atoms in total. The number of hydrogen-bond acceptors (Lipinski definition) is 3. The number of halogens is 1. The van der Waals surface area contributed by atoms with Gasteiger partial charge >= 0.3 is 0 Å². The number of rotatable bonds is 6. The average molecular weight is 356 g/mol. The molecule has 0 aliphatic carbocycles. The van der Waals surface area contributed by atoms with Crippen LogP contribution in [-0.2, 0) is 6.42 Å². The maximum atomic E-state index is 3.58. The molecular weight excluding hydrogens is 338 g/mol. The molecule has 1 aromatic heterocycles. The van der Waals surface area contributed by atoms with Crippen molar-refractivity contribution in [1.82, 2.24) is 5.32 Å². The first-order chi connectivity index (χ1) is 9.19. The van der Waals surface area contributed by atoms with Gasteiger partial charge in [0.2, 0.25) is 0 Å². The predicted octanol–water partition coefficient (Wildman–Crippen LogP) is 5.13. The summed E-state index contributed by atoms with van der Waals surface area (Å²) < 4.78 is 1.21. The van der Waals surface area contributed by atoms with E-state index in [1.807, 2.05) is 11.3 Å². The lowest BCUT2D eigenvalue weighted by molar-refractivity contribution is 0.578. The van der Waals surface area contributed by atoms with Gasteiger partial charge in [0.25, 0.3) is 0 Å². The minimum Gasteiger partial charge on any atom is -0.310 e. The van der Waals surface area contributed by atoms with Crippen molar-refractivity contribution >= 4 is 39.0 Å². The smallest absolute Gasteiger partial charge is 0.0701 e. The Kier molecular flexibility index (Phi) is 5.95. The Morgan fingerprint density at radius 2 is 1.95 bits per heavy atom. The van der Waals surface area contributed by atoms with Crippen molar-refractivity contribution in [1.29, 1.82) is 0 Å². The minimum absolute atomic E-state index is 0.402. The number of hydrogen-bond donors (Lipinski definition) is 1. The summed E-state index contributed by atoms with van der Waals surface area (Å²) in [7, 11) is 0. The van der Waals surface area contributed by atoms with Gasteiger partial charge in [-0.3, -0.25) is 0 Å². The van der Waals surface area contributed by atoms with Crippen molar-refractivity contribution in [3.05, 3.63) is 50.6 Å². The molecule has 102 valence electrons. The van der Waals surface area contributed by atoms with Crippen LogP contribution in [0.3, 0.4) is 0 Å². The quantitative estimate of drug-likeness (QED) is 0.721. The van der Waals surface area contributed by atoms with Crippen molar-refractivity contribution in [3.8, 4) is 0 Å². The maximum absolute atomic E-state index is 3.58. The Labute approximate surface area is 131 Å². The van der Waals surface area contributed by atoms with E-state index in [-0.39, 0.29) is 0 Å². The van der Waals surface area contributed by atoms with E-state index in [0.717, 1.165) is 13.0 Å². The third kappa shape index (κ3) is 4.63. The fourth-order valence-corrected chi connectivity index (χ4v) is 3.80. The Hall–Kier alpha value is -0.290. The second-order valence-corrected chi connectivity index (χ2v) is 7.83. The zero-order chi connectivity index (χ0) is 13.7. The van der Waals surface area contributed by atoms with E-state index in [4.69, 9.17) is 0 Å². The Morgan fingerprint density at radius 1 is 1.21 bits per heavy atom. The van der Waals surface area contributed by atoms with Gasteiger partial charge < -0.3 is 5.32 Å². The summed E-state index contributed by atoms with van der Waals surface area (Å²) in [5, 5.41) is 3.58. The molecule has 0 aliphatic rings. The van der Waals surface area contributed by atoms with Crippen molar-refractivity contribution < 1.29 is 0 Å². The molecule has 19 heavy (non-hydrogen) atoms. The van der Waals surface area contributed by atoms with Crippen molar-refractivity contribution in [2.45, 2.75) is 24.3 Å². The van der Waals surface area contributed by atoms with Gasteiger partial charge in [0.15, 0.2) is 0 Å². The molecule has 0 fully saturated rings. The number of nitrogens with one attached hydrogen (secondary N) is 1. The van der Waals surface area contributed by atoms with Crippen LogP contribution in [0.4, 0.5) is 0 Å². The van der Waals surface area contributed by atoms with E-state index in [1.165, 1.54) is 19.1 Å². The normalized spacial score (nSPS) is 12.6. The van der Waals surface area contributed by atoms with Crippen LogP contribution in [0.2, 0.25) is 0 Å². The van der Waals surface area contributed by atoms with Crippen LogP contribution >= 0.6 is 39.0 Å². The van der Waals surface area contributed by atoms with Gasteiger partial charge in [0, 0.05) is 22.4 Å². The molecule has 1 aromatic carbocycles. The molecule has 2 aromatic rings. The van der Waals surface area contributed by atoms with Gasteiger partial charge in [0.1, 0.15) is 0 Å². The first-order valence-corrected chi connectivity index (χ1v) is 9.14. The minimum atomic E-state index is 0.402. The molecule has 0 saturated heterocycles. The summed E-state index contributed by atoms with van der Waals surface area (Å²) in [5.74, 6) is 0. The molecule has 2 rings (SSSR count). The Bertz CT molecular complexity index is 507. The summed E-state index contributed by atoms with van der Waals surface area (Å²) in [6.07, 6.45) is 3.19. The topological polar surface area (TPSA) is 12.0 Å². The van der Waals surface area contributed by atoms with Crippen LogP contribution in [0.1, 0.15) is 23.4 Å². The third-order valence-electron chi connectivity index (χ3n) is 3.07. The van der Waals surface area contributed by atoms with E-state index >= 15 is 0 Å². The van der Waals surface area contributed by atoms with Crippen LogP contribution < -0.4 is 5.32 Å². The third-order valence-corrected chi connectivity index (χ3v) is 5.49. The van der Waals surface area contributed by atoms with Crippen LogP contribution in [-0.4, -0.2) is 12.8 Å². The van der Waals surface area contributed by atoms with E-state index in [1.54, 1.807) is 11.8 Å². The van der Waals surface area contributed by atoms with Gasteiger partial charge in [-0.1, -0.05) is 12.1 Å². The molecule has 0 amide bonds. The zero-order valence-electron chi connectivity index (χ0n) is 11.2. The van der Waals surface area contributed by atoms with Crippen LogP contribution in [0.25, 0.3) is 0 Å². The van der Waals surface area contributed by atoms with Gasteiger partial charge in [-0.2, -0.15) is 0 Å². The first-order valence-electron chi connectivity index (χ1n) is 6.30. The first kappa shape index (κ1) is 15.1. The molecule has 0 spiro atoms. The molecule has 0 aliphatic heterocycles. The summed E-state index contributed by atoms with van der Waals surface area (Å²) in [4.78, 5) is 2.74. The van der Waals surface area contributed by atoms with Gasteiger partial charge in [0.05, 0.1) is 3.79 Å². The molecule has 0 bridgehead atoms. The molecular formula is C15H18BrNS2. The highest BCUT2D eigenvalue weighted by Crippen LogP contribution is 2.22. The SMILES string of the molecule is CSc1ccc(C(C)NCCc2ccc(Br)s2)cc1. The molecule has 1 heterocycles. The fourth-order valence-electron chi connectivity index (χ4n) is 1.91. The van der Waals surface area contributed by atoms with Gasteiger partial charge in [-0.15, -0.1) is 23.1 Å². The predicted molar refractivity (Wildman–Crippen MR) is 90.4 cm³/mol. The van der Waals surface area contributed by atoms with Crippen molar-refractivity contribution in [3.63, 3.8) is 0 Å². The van der Waals surface area contributed by atoms with E-state index < -0.39 is 0 Å². The molecule has 1 atom stereocenters. The summed E-state index contributed by atoms with van der Waals surface area (Å²) >= 11 is 7.10. The molecule has 0 saturated carbocycles.